The predicted octanol–water partition coefficient (Wildman–Crippen LogP) is 0.960. The molecule has 0 N–H and O–H groups in total. The van der Waals surface area contributed by atoms with Gasteiger partial charge < -0.3 is 5.48 Å². The number of hydrogen-bond donors (Lipinski definition) is 0. The summed E-state index contributed by atoms with van der Waals surface area (Å²) in [5.41, 5.74) is 0. The summed E-state index contributed by atoms with van der Waals surface area (Å²) in [6.45, 7) is 0. The zero-order valence-corrected chi connectivity index (χ0v) is 7.42. The van der Waals surface area contributed by atoms with E-state index in [1.807, 2.05) is 18.2 Å². The summed E-state index contributed by atoms with van der Waals surface area (Å²) in [7, 11) is 0. The Labute approximate surface area is 61.0 Å². The van der Waals surface area contributed by atoms with Crippen LogP contribution in [-0.4, -0.2) is 4.98 Å². The Bertz CT molecular complexity index is 84.4. The molecule has 0 aliphatic carbocycles. The molecule has 38 valence electrons. The third-order valence-electron chi connectivity index (χ3n) is 0.566. The molecule has 0 bridgehead atoms. The van der Waals surface area contributed by atoms with Gasteiger partial charge >= 0.3 is 19.5 Å². The number of aromatic nitrogens is 1. The summed E-state index contributed by atoms with van der Waals surface area (Å²) in [6, 6.07) is 5.72. The number of hydrogen-bond acceptors (Lipinski definition) is 1. The van der Waals surface area contributed by atoms with Gasteiger partial charge in [0.05, 0.1) is 0 Å². The largest absolute Gasteiger partial charge is 2.00 e. The van der Waals surface area contributed by atoms with Gasteiger partial charge in [-0.1, -0.05) is 6.07 Å². The summed E-state index contributed by atoms with van der Waals surface area (Å²) < 4.78 is 0. The third-order valence-corrected chi connectivity index (χ3v) is 0.566. The molecule has 0 unspecified atom stereocenters. The van der Waals surface area contributed by atoms with Crippen molar-refractivity contribution in [3.8, 4) is 0 Å². The van der Waals surface area contributed by atoms with E-state index in [0.717, 1.165) is 0 Å². The molecule has 8 heavy (non-hydrogen) atoms. The van der Waals surface area contributed by atoms with Gasteiger partial charge in [-0.15, -0.1) is 0 Å². The second kappa shape index (κ2) is 6.73. The first-order valence-corrected chi connectivity index (χ1v) is 1.85. The Morgan fingerprint density at radius 1 is 0.875 bits per heavy atom. The average molecular weight is 160 g/mol. The first-order valence-electron chi connectivity index (χ1n) is 1.85. The second-order valence-corrected chi connectivity index (χ2v) is 1.02. The van der Waals surface area contributed by atoms with Crippen LogP contribution in [0.25, 0.3) is 0 Å². The molecule has 0 aromatic carbocycles. The van der Waals surface area contributed by atoms with Crippen LogP contribution in [0.2, 0.25) is 0 Å². The summed E-state index contributed by atoms with van der Waals surface area (Å²) in [5.74, 6) is 0. The van der Waals surface area contributed by atoms with Gasteiger partial charge in [-0.3, -0.25) is 4.98 Å². The van der Waals surface area contributed by atoms with E-state index < -0.39 is 0 Å². The van der Waals surface area contributed by atoms with Gasteiger partial charge in [-0.25, -0.2) is 0 Å². The van der Waals surface area contributed by atoms with E-state index >= 15 is 0 Å². The van der Waals surface area contributed by atoms with Crippen molar-refractivity contribution in [2.24, 2.45) is 0 Å². The minimum Gasteiger partial charge on any atom is -2.00 e. The second-order valence-electron chi connectivity index (χ2n) is 1.02. The maximum atomic E-state index is 3.78. The molecule has 3 heteroatoms. The molecule has 1 heterocycles. The summed E-state index contributed by atoms with van der Waals surface area (Å²) in [4.78, 5) is 3.78. The van der Waals surface area contributed by atoms with Gasteiger partial charge in [0, 0.05) is 12.4 Å². The van der Waals surface area contributed by atoms with Crippen LogP contribution in [-0.2, 0) is 25.0 Å². The van der Waals surface area contributed by atoms with E-state index in [2.05, 4.69) is 4.98 Å². The predicted molar refractivity (Wildman–Crippen MR) is 24.9 cm³/mol. The minimum atomic E-state index is 0. The maximum absolute atomic E-state index is 3.78. The van der Waals surface area contributed by atoms with Crippen LogP contribution in [0.15, 0.2) is 30.6 Å². The van der Waals surface area contributed by atoms with Crippen molar-refractivity contribution in [3.63, 3.8) is 0 Å². The molecule has 1 aromatic heterocycles. The molecule has 0 fully saturated rings. The van der Waals surface area contributed by atoms with Gasteiger partial charge in [0.1, 0.15) is 0 Å². The Balaban J connectivity index is 0. The number of pyridine rings is 1. The number of nitrogens with zero attached hydrogens (tertiary/aromatic N) is 1. The molecule has 0 radical (unpaired) electrons. The maximum Gasteiger partial charge on any atom is 2.00 e. The minimum absolute atomic E-state index is 0. The van der Waals surface area contributed by atoms with E-state index in [9.17, 15) is 0 Å². The summed E-state index contributed by atoms with van der Waals surface area (Å²) >= 11 is 0. The zero-order valence-electron chi connectivity index (χ0n) is 4.45. The first-order chi connectivity index (χ1) is 3.00. The Morgan fingerprint density at radius 3 is 1.50 bits per heavy atom. The fraction of sp³-hybridized carbons (Fsp3) is 0. The van der Waals surface area contributed by atoms with Crippen LogP contribution in [0.4, 0.5) is 0 Å². The van der Waals surface area contributed by atoms with Crippen molar-refractivity contribution < 1.29 is 25.0 Å². The Morgan fingerprint density at radius 2 is 1.38 bits per heavy atom. The van der Waals surface area contributed by atoms with Crippen LogP contribution >= 0.6 is 0 Å². The quantitative estimate of drug-likeness (QED) is 0.521. The number of rotatable bonds is 0. The Kier molecular flexibility index (Phi) is 8.98. The van der Waals surface area contributed by atoms with Crippen molar-refractivity contribution >= 4 is 0 Å². The fourth-order valence-electron chi connectivity index (χ4n) is 0.313. The summed E-state index contributed by atoms with van der Waals surface area (Å²) in [6.07, 6.45) is 3.50. The normalized spacial score (nSPS) is 6.00. The summed E-state index contributed by atoms with van der Waals surface area (Å²) in [5, 5.41) is 0. The van der Waals surface area contributed by atoms with Crippen molar-refractivity contribution in [2.75, 3.05) is 0 Å². The molecule has 0 amide bonds. The molecule has 2 nitrogen and oxygen atoms in total. The molecule has 0 saturated carbocycles. The smallest absolute Gasteiger partial charge is 2.00 e. The van der Waals surface area contributed by atoms with Crippen LogP contribution in [0.3, 0.4) is 0 Å². The molecular formula is C5H5NOZn. The molecule has 0 atom stereocenters. The van der Waals surface area contributed by atoms with Crippen LogP contribution < -0.4 is 0 Å². The van der Waals surface area contributed by atoms with E-state index in [4.69, 9.17) is 0 Å². The SMILES string of the molecule is [O-2].[Zn+2].c1ccncc1. The van der Waals surface area contributed by atoms with E-state index in [-0.39, 0.29) is 25.0 Å². The molecule has 0 aliphatic rings. The molecule has 0 aliphatic heterocycles. The van der Waals surface area contributed by atoms with Gasteiger partial charge in [0.25, 0.3) is 0 Å². The Hall–Kier alpha value is -0.267. The topological polar surface area (TPSA) is 41.4 Å². The molecule has 0 spiro atoms. The van der Waals surface area contributed by atoms with Gasteiger partial charge in [-0.2, -0.15) is 0 Å². The van der Waals surface area contributed by atoms with Gasteiger partial charge in [-0.05, 0) is 12.1 Å². The van der Waals surface area contributed by atoms with Gasteiger partial charge in [0.2, 0.25) is 0 Å². The molecule has 1 rings (SSSR count). The fourth-order valence-corrected chi connectivity index (χ4v) is 0.313. The van der Waals surface area contributed by atoms with E-state index in [0.29, 0.717) is 0 Å². The van der Waals surface area contributed by atoms with Crippen molar-refractivity contribution in [1.82, 2.24) is 4.98 Å². The van der Waals surface area contributed by atoms with Crippen molar-refractivity contribution in [3.05, 3.63) is 30.6 Å². The van der Waals surface area contributed by atoms with E-state index in [1.165, 1.54) is 0 Å². The molecule has 0 saturated heterocycles. The van der Waals surface area contributed by atoms with Crippen LogP contribution in [0.5, 0.6) is 0 Å². The van der Waals surface area contributed by atoms with Crippen molar-refractivity contribution in [2.45, 2.75) is 0 Å². The van der Waals surface area contributed by atoms with Crippen LogP contribution in [0, 0.1) is 0 Å². The molecular weight excluding hydrogens is 155 g/mol. The average Bonchev–Trinajstić information content (AvgIpc) is 1.72. The first kappa shape index (κ1) is 10.7. The van der Waals surface area contributed by atoms with Crippen LogP contribution in [0.1, 0.15) is 0 Å². The van der Waals surface area contributed by atoms with E-state index in [1.54, 1.807) is 12.4 Å². The zero-order chi connectivity index (χ0) is 4.24. The molecule has 1 aromatic rings. The monoisotopic (exact) mass is 159 g/mol. The standard InChI is InChI=1S/C5H5N.O.Zn/c1-2-4-6-5-3-1;;/h1-5H;;/q;-2;+2. The van der Waals surface area contributed by atoms with Gasteiger partial charge in [0.15, 0.2) is 0 Å². The third kappa shape index (κ3) is 3.91. The van der Waals surface area contributed by atoms with Crippen molar-refractivity contribution in [1.29, 1.82) is 0 Å².